The van der Waals surface area contributed by atoms with Crippen LogP contribution in [0.5, 0.6) is 0 Å². The molecule has 1 aromatic heterocycles. The highest BCUT2D eigenvalue weighted by Gasteiger charge is 2.10. The van der Waals surface area contributed by atoms with E-state index in [9.17, 15) is 4.39 Å². The summed E-state index contributed by atoms with van der Waals surface area (Å²) in [4.78, 5) is 4.35. The van der Waals surface area contributed by atoms with E-state index in [1.165, 1.54) is 17.7 Å². The normalized spacial score (nSPS) is 11.9. The lowest BCUT2D eigenvalue weighted by atomic mass is 10.0. The molecule has 0 saturated carbocycles. The second kappa shape index (κ2) is 7.73. The van der Waals surface area contributed by atoms with Crippen molar-refractivity contribution in [3.63, 3.8) is 0 Å². The van der Waals surface area contributed by atoms with Crippen LogP contribution in [0.15, 0.2) is 66.9 Å². The van der Waals surface area contributed by atoms with Crippen molar-refractivity contribution >= 4 is 5.69 Å². The van der Waals surface area contributed by atoms with Gasteiger partial charge in [0.25, 0.3) is 0 Å². The topological polar surface area (TPSA) is 24.9 Å². The minimum Gasteiger partial charge on any atom is -0.382 e. The Kier molecular flexibility index (Phi) is 5.22. The maximum absolute atomic E-state index is 13.7. The van der Waals surface area contributed by atoms with Gasteiger partial charge in [-0.1, -0.05) is 30.3 Å². The molecular formula is C21H20FN2. The highest BCUT2D eigenvalue weighted by atomic mass is 19.1. The molecule has 0 spiro atoms. The Balaban J connectivity index is 1.73. The molecule has 0 aliphatic carbocycles. The molecular weight excluding hydrogens is 299 g/mol. The van der Waals surface area contributed by atoms with E-state index in [-0.39, 0.29) is 11.9 Å². The number of nitrogens with one attached hydrogen (secondary N) is 1. The van der Waals surface area contributed by atoms with Gasteiger partial charge in [0.15, 0.2) is 0 Å². The number of hydrogen-bond donors (Lipinski definition) is 1. The van der Waals surface area contributed by atoms with Crippen molar-refractivity contribution < 1.29 is 4.39 Å². The van der Waals surface area contributed by atoms with Crippen LogP contribution in [0, 0.1) is 11.9 Å². The summed E-state index contributed by atoms with van der Waals surface area (Å²) in [5.74, 6) is -0.253. The van der Waals surface area contributed by atoms with Gasteiger partial charge in [-0.2, -0.15) is 0 Å². The number of benzene rings is 2. The van der Waals surface area contributed by atoms with Crippen LogP contribution in [0.3, 0.4) is 0 Å². The van der Waals surface area contributed by atoms with E-state index in [0.717, 1.165) is 29.8 Å². The third-order valence-electron chi connectivity index (χ3n) is 3.97. The Morgan fingerprint density at radius 1 is 1.17 bits per heavy atom. The van der Waals surface area contributed by atoms with Crippen LogP contribution in [0.4, 0.5) is 10.1 Å². The van der Waals surface area contributed by atoms with Crippen molar-refractivity contribution in [2.75, 3.05) is 5.32 Å². The summed E-state index contributed by atoms with van der Waals surface area (Å²) < 4.78 is 13.7. The van der Waals surface area contributed by atoms with E-state index in [1.54, 1.807) is 18.3 Å². The summed E-state index contributed by atoms with van der Waals surface area (Å²) in [5.41, 5.74) is 3.75. The molecule has 3 rings (SSSR count). The molecule has 121 valence electrons. The minimum atomic E-state index is -0.253. The number of aromatic nitrogens is 1. The van der Waals surface area contributed by atoms with Crippen LogP contribution in [0.2, 0.25) is 0 Å². The van der Waals surface area contributed by atoms with Gasteiger partial charge >= 0.3 is 0 Å². The Morgan fingerprint density at radius 3 is 2.75 bits per heavy atom. The van der Waals surface area contributed by atoms with E-state index in [1.807, 2.05) is 12.1 Å². The third kappa shape index (κ3) is 4.19. The van der Waals surface area contributed by atoms with E-state index in [4.69, 9.17) is 0 Å². The summed E-state index contributed by atoms with van der Waals surface area (Å²) in [7, 11) is 0. The molecule has 0 amide bonds. The van der Waals surface area contributed by atoms with Gasteiger partial charge in [0.05, 0.1) is 5.69 Å². The van der Waals surface area contributed by atoms with Crippen LogP contribution in [0.25, 0.3) is 11.3 Å². The fourth-order valence-electron chi connectivity index (χ4n) is 2.70. The predicted octanol–water partition coefficient (Wildman–Crippen LogP) is 5.12. The number of anilines is 1. The second-order valence-electron chi connectivity index (χ2n) is 5.90. The summed E-state index contributed by atoms with van der Waals surface area (Å²) >= 11 is 0. The molecule has 3 aromatic rings. The zero-order valence-electron chi connectivity index (χ0n) is 13.7. The molecule has 0 aliphatic heterocycles. The minimum absolute atomic E-state index is 0.221. The zero-order chi connectivity index (χ0) is 16.8. The molecule has 2 nitrogen and oxygen atoms in total. The van der Waals surface area contributed by atoms with Crippen molar-refractivity contribution in [1.29, 1.82) is 0 Å². The quantitative estimate of drug-likeness (QED) is 0.682. The fraction of sp³-hybridized carbons (Fsp3) is 0.190. The summed E-state index contributed by atoms with van der Waals surface area (Å²) in [6.07, 6.45) is 3.65. The number of halogens is 1. The molecule has 0 bridgehead atoms. The van der Waals surface area contributed by atoms with Gasteiger partial charge in [0.2, 0.25) is 0 Å². The van der Waals surface area contributed by atoms with E-state index >= 15 is 0 Å². The molecule has 3 heteroatoms. The standard InChI is InChI=1S/C21H20FN2/c1-16(10-11-17-7-3-2-4-8-17)24-21-15-18(22)12-13-19(21)20-9-5-6-14-23-20/h2-4,6-9,12-16,24H,10-11H2,1H3. The van der Waals surface area contributed by atoms with Crippen molar-refractivity contribution in [1.82, 2.24) is 4.98 Å². The highest BCUT2D eigenvalue weighted by molar-refractivity contribution is 5.75. The lowest BCUT2D eigenvalue weighted by molar-refractivity contribution is 0.627. The number of aryl methyl sites for hydroxylation is 1. The molecule has 2 aromatic carbocycles. The summed E-state index contributed by atoms with van der Waals surface area (Å²) in [6.45, 7) is 2.11. The Morgan fingerprint density at radius 2 is 2.00 bits per heavy atom. The average Bonchev–Trinajstić information content (AvgIpc) is 2.62. The smallest absolute Gasteiger partial charge is 0.125 e. The summed E-state index contributed by atoms with van der Waals surface area (Å²) in [6, 6.07) is 21.9. The summed E-state index contributed by atoms with van der Waals surface area (Å²) in [5, 5.41) is 3.43. The van der Waals surface area contributed by atoms with E-state index in [0.29, 0.717) is 0 Å². The first-order valence-electron chi connectivity index (χ1n) is 8.15. The molecule has 0 saturated heterocycles. The molecule has 1 N–H and O–H groups in total. The molecule has 1 heterocycles. The lowest BCUT2D eigenvalue weighted by Crippen LogP contribution is -2.16. The Labute approximate surface area is 142 Å². The highest BCUT2D eigenvalue weighted by Crippen LogP contribution is 2.28. The van der Waals surface area contributed by atoms with Gasteiger partial charge in [-0.05, 0) is 61.7 Å². The van der Waals surface area contributed by atoms with Gasteiger partial charge in [-0.25, -0.2) is 4.39 Å². The maximum atomic E-state index is 13.7. The van der Waals surface area contributed by atoms with Crippen molar-refractivity contribution in [2.24, 2.45) is 0 Å². The molecule has 1 radical (unpaired) electrons. The predicted molar refractivity (Wildman–Crippen MR) is 96.3 cm³/mol. The zero-order valence-corrected chi connectivity index (χ0v) is 13.7. The first-order chi connectivity index (χ1) is 11.7. The van der Waals surface area contributed by atoms with Gasteiger partial charge in [-0.15, -0.1) is 0 Å². The lowest BCUT2D eigenvalue weighted by Gasteiger charge is -2.18. The SMILES string of the molecule is CC(CCc1ccccc1)Nc1cc(F)ccc1-c1c[c]ccn1. The number of nitrogens with zero attached hydrogens (tertiary/aromatic N) is 1. The molecule has 0 fully saturated rings. The average molecular weight is 319 g/mol. The second-order valence-corrected chi connectivity index (χ2v) is 5.90. The first-order valence-corrected chi connectivity index (χ1v) is 8.15. The van der Waals surface area contributed by atoms with Gasteiger partial charge in [0, 0.05) is 23.5 Å². The first kappa shape index (κ1) is 16.2. The Bertz CT molecular complexity index is 772. The van der Waals surface area contributed by atoms with Crippen LogP contribution in [-0.4, -0.2) is 11.0 Å². The van der Waals surface area contributed by atoms with Crippen molar-refractivity contribution in [3.05, 3.63) is 84.3 Å². The van der Waals surface area contributed by atoms with Gasteiger partial charge < -0.3 is 5.32 Å². The van der Waals surface area contributed by atoms with E-state index < -0.39 is 0 Å². The third-order valence-corrected chi connectivity index (χ3v) is 3.97. The van der Waals surface area contributed by atoms with Crippen LogP contribution in [-0.2, 0) is 6.42 Å². The van der Waals surface area contributed by atoms with Gasteiger partial charge in [-0.3, -0.25) is 4.98 Å². The molecule has 24 heavy (non-hydrogen) atoms. The number of rotatable bonds is 6. The molecule has 1 unspecified atom stereocenters. The van der Waals surface area contributed by atoms with Crippen LogP contribution >= 0.6 is 0 Å². The van der Waals surface area contributed by atoms with Gasteiger partial charge in [0.1, 0.15) is 5.82 Å². The Hall–Kier alpha value is -2.68. The van der Waals surface area contributed by atoms with Crippen LogP contribution in [0.1, 0.15) is 18.9 Å². The van der Waals surface area contributed by atoms with Crippen LogP contribution < -0.4 is 5.32 Å². The molecule has 1 atom stereocenters. The van der Waals surface area contributed by atoms with Crippen molar-refractivity contribution in [3.8, 4) is 11.3 Å². The van der Waals surface area contributed by atoms with Crippen molar-refractivity contribution in [2.45, 2.75) is 25.8 Å². The maximum Gasteiger partial charge on any atom is 0.125 e. The number of hydrogen-bond acceptors (Lipinski definition) is 2. The number of pyridine rings is 1. The molecule has 0 aliphatic rings. The monoisotopic (exact) mass is 319 g/mol. The largest absolute Gasteiger partial charge is 0.382 e. The fourth-order valence-corrected chi connectivity index (χ4v) is 2.70. The van der Waals surface area contributed by atoms with E-state index in [2.05, 4.69) is 47.6 Å².